The fourth-order valence-electron chi connectivity index (χ4n) is 2.66. The lowest BCUT2D eigenvalue weighted by atomic mass is 9.94. The molecule has 5 heteroatoms. The van der Waals surface area contributed by atoms with Gasteiger partial charge in [-0.2, -0.15) is 0 Å². The van der Waals surface area contributed by atoms with Gasteiger partial charge in [0, 0.05) is 6.54 Å². The molecular formula is C13H16N2O3. The molecule has 1 aromatic rings. The Labute approximate surface area is 105 Å². The van der Waals surface area contributed by atoms with Crippen LogP contribution in [0.5, 0.6) is 5.75 Å². The standard InChI is InChI=1S/C13H16N2O3/c16-11-5-2-1-4-10(11)15-9-13(18-12(15)17)6-3-7-14-8-13/h1-2,4-5,14,16H,3,6-9H2. The van der Waals surface area contributed by atoms with Crippen LogP contribution in [0.3, 0.4) is 0 Å². The molecule has 2 saturated heterocycles. The SMILES string of the molecule is O=C1OC2(CCCNC2)CN1c1ccccc1O. The Morgan fingerprint density at radius 1 is 1.39 bits per heavy atom. The largest absolute Gasteiger partial charge is 0.506 e. The van der Waals surface area contributed by atoms with Crippen molar-refractivity contribution in [2.45, 2.75) is 18.4 Å². The molecule has 2 heterocycles. The number of hydrogen-bond donors (Lipinski definition) is 2. The Morgan fingerprint density at radius 3 is 2.94 bits per heavy atom. The number of nitrogens with one attached hydrogen (secondary N) is 1. The van der Waals surface area contributed by atoms with Crippen LogP contribution in [0.2, 0.25) is 0 Å². The second-order valence-corrected chi connectivity index (χ2v) is 4.91. The summed E-state index contributed by atoms with van der Waals surface area (Å²) in [5, 5.41) is 13.1. The number of ether oxygens (including phenoxy) is 1. The zero-order valence-electron chi connectivity index (χ0n) is 10.1. The zero-order chi connectivity index (χ0) is 12.6. The molecule has 2 N–H and O–H groups in total. The van der Waals surface area contributed by atoms with E-state index in [0.29, 0.717) is 18.8 Å². The van der Waals surface area contributed by atoms with Crippen molar-refractivity contribution in [1.82, 2.24) is 5.32 Å². The number of phenolic OH excluding ortho intramolecular Hbond substituents is 1. The van der Waals surface area contributed by atoms with Crippen LogP contribution in [-0.4, -0.2) is 36.4 Å². The van der Waals surface area contributed by atoms with Gasteiger partial charge in [0.2, 0.25) is 0 Å². The summed E-state index contributed by atoms with van der Waals surface area (Å²) in [6.45, 7) is 2.15. The summed E-state index contributed by atoms with van der Waals surface area (Å²) < 4.78 is 5.53. The summed E-state index contributed by atoms with van der Waals surface area (Å²) in [5.41, 5.74) is 0.0855. The molecule has 2 fully saturated rings. The molecular weight excluding hydrogens is 232 g/mol. The van der Waals surface area contributed by atoms with E-state index >= 15 is 0 Å². The van der Waals surface area contributed by atoms with Gasteiger partial charge in [0.1, 0.15) is 11.4 Å². The smallest absolute Gasteiger partial charge is 0.415 e. The molecule has 0 radical (unpaired) electrons. The number of benzene rings is 1. The molecule has 18 heavy (non-hydrogen) atoms. The van der Waals surface area contributed by atoms with Crippen molar-refractivity contribution in [3.8, 4) is 5.75 Å². The number of para-hydroxylation sites is 2. The minimum atomic E-state index is -0.433. The molecule has 1 spiro atoms. The maximum atomic E-state index is 12.0. The molecule has 5 nitrogen and oxygen atoms in total. The lowest BCUT2D eigenvalue weighted by Gasteiger charge is -2.31. The van der Waals surface area contributed by atoms with Crippen LogP contribution in [0, 0.1) is 0 Å². The highest BCUT2D eigenvalue weighted by molar-refractivity contribution is 5.92. The van der Waals surface area contributed by atoms with E-state index in [9.17, 15) is 9.90 Å². The maximum absolute atomic E-state index is 12.0. The Morgan fingerprint density at radius 2 is 2.22 bits per heavy atom. The summed E-state index contributed by atoms with van der Waals surface area (Å²) >= 11 is 0. The van der Waals surface area contributed by atoms with E-state index in [4.69, 9.17) is 4.74 Å². The number of rotatable bonds is 1. The van der Waals surface area contributed by atoms with Gasteiger partial charge in [-0.05, 0) is 31.5 Å². The van der Waals surface area contributed by atoms with Crippen LogP contribution in [0.4, 0.5) is 10.5 Å². The summed E-state index contributed by atoms with van der Waals surface area (Å²) in [5.74, 6) is 0.107. The fraction of sp³-hybridized carbons (Fsp3) is 0.462. The number of anilines is 1. The second-order valence-electron chi connectivity index (χ2n) is 4.91. The first-order chi connectivity index (χ1) is 8.70. The first-order valence-corrected chi connectivity index (χ1v) is 6.19. The van der Waals surface area contributed by atoms with Crippen molar-refractivity contribution in [3.63, 3.8) is 0 Å². The lowest BCUT2D eigenvalue weighted by molar-refractivity contribution is 0.0366. The highest BCUT2D eigenvalue weighted by Crippen LogP contribution is 2.36. The molecule has 96 valence electrons. The topological polar surface area (TPSA) is 61.8 Å². The molecule has 1 atom stereocenters. The summed E-state index contributed by atoms with van der Waals surface area (Å²) in [7, 11) is 0. The minimum Gasteiger partial charge on any atom is -0.506 e. The second kappa shape index (κ2) is 4.17. The molecule has 1 unspecified atom stereocenters. The molecule has 0 bridgehead atoms. The van der Waals surface area contributed by atoms with Crippen molar-refractivity contribution in [3.05, 3.63) is 24.3 Å². The van der Waals surface area contributed by atoms with E-state index in [-0.39, 0.29) is 11.8 Å². The number of phenols is 1. The predicted octanol–water partition coefficient (Wildman–Crippen LogP) is 1.47. The van der Waals surface area contributed by atoms with Crippen LogP contribution < -0.4 is 10.2 Å². The number of nitrogens with zero attached hydrogens (tertiary/aromatic N) is 1. The molecule has 0 aliphatic carbocycles. The van der Waals surface area contributed by atoms with Crippen LogP contribution in [0.25, 0.3) is 0 Å². The lowest BCUT2D eigenvalue weighted by Crippen LogP contribution is -2.48. The van der Waals surface area contributed by atoms with Gasteiger partial charge in [-0.25, -0.2) is 4.79 Å². The van der Waals surface area contributed by atoms with E-state index < -0.39 is 5.60 Å². The zero-order valence-corrected chi connectivity index (χ0v) is 10.1. The number of amides is 1. The van der Waals surface area contributed by atoms with Crippen molar-refractivity contribution < 1.29 is 14.6 Å². The minimum absolute atomic E-state index is 0.107. The molecule has 0 saturated carbocycles. The van der Waals surface area contributed by atoms with Crippen LogP contribution in [0.15, 0.2) is 24.3 Å². The average Bonchev–Trinajstić information content (AvgIpc) is 2.67. The first-order valence-electron chi connectivity index (χ1n) is 6.19. The van der Waals surface area contributed by atoms with Gasteiger partial charge < -0.3 is 15.2 Å². The fourth-order valence-corrected chi connectivity index (χ4v) is 2.66. The van der Waals surface area contributed by atoms with E-state index in [1.807, 2.05) is 0 Å². The van der Waals surface area contributed by atoms with Crippen molar-refractivity contribution in [1.29, 1.82) is 0 Å². The van der Waals surface area contributed by atoms with Gasteiger partial charge in [0.15, 0.2) is 0 Å². The number of piperidine rings is 1. The van der Waals surface area contributed by atoms with E-state index in [0.717, 1.165) is 19.4 Å². The summed E-state index contributed by atoms with van der Waals surface area (Å²) in [6, 6.07) is 6.84. The van der Waals surface area contributed by atoms with Crippen LogP contribution in [-0.2, 0) is 4.74 Å². The van der Waals surface area contributed by atoms with Crippen LogP contribution >= 0.6 is 0 Å². The number of aromatic hydroxyl groups is 1. The van der Waals surface area contributed by atoms with Gasteiger partial charge in [-0.1, -0.05) is 12.1 Å². The Balaban J connectivity index is 1.87. The molecule has 2 aliphatic heterocycles. The Hall–Kier alpha value is -1.75. The van der Waals surface area contributed by atoms with Gasteiger partial charge in [0.25, 0.3) is 0 Å². The van der Waals surface area contributed by atoms with Crippen molar-refractivity contribution >= 4 is 11.8 Å². The maximum Gasteiger partial charge on any atom is 0.415 e. The molecule has 2 aliphatic rings. The van der Waals surface area contributed by atoms with Crippen molar-refractivity contribution in [2.24, 2.45) is 0 Å². The molecule has 1 aromatic carbocycles. The number of hydrogen-bond acceptors (Lipinski definition) is 4. The third-order valence-electron chi connectivity index (χ3n) is 3.58. The van der Waals surface area contributed by atoms with Gasteiger partial charge in [-0.3, -0.25) is 4.90 Å². The first kappa shape index (κ1) is 11.3. The summed E-state index contributed by atoms with van der Waals surface area (Å²) in [6.07, 6.45) is 1.50. The van der Waals surface area contributed by atoms with Gasteiger partial charge in [0.05, 0.1) is 12.2 Å². The molecule has 1 amide bonds. The van der Waals surface area contributed by atoms with Gasteiger partial charge in [-0.15, -0.1) is 0 Å². The van der Waals surface area contributed by atoms with Crippen molar-refractivity contribution in [2.75, 3.05) is 24.5 Å². The van der Waals surface area contributed by atoms with E-state index in [1.54, 1.807) is 24.3 Å². The Bertz CT molecular complexity index is 469. The number of carbonyl (C=O) groups excluding carboxylic acids is 1. The van der Waals surface area contributed by atoms with E-state index in [2.05, 4.69) is 5.32 Å². The quantitative estimate of drug-likeness (QED) is 0.790. The monoisotopic (exact) mass is 248 g/mol. The van der Waals surface area contributed by atoms with Gasteiger partial charge >= 0.3 is 6.09 Å². The Kier molecular flexibility index (Phi) is 2.63. The highest BCUT2D eigenvalue weighted by atomic mass is 16.6. The normalized spacial score (nSPS) is 27.6. The van der Waals surface area contributed by atoms with Crippen LogP contribution in [0.1, 0.15) is 12.8 Å². The average molecular weight is 248 g/mol. The molecule has 0 aromatic heterocycles. The molecule has 3 rings (SSSR count). The number of carbonyl (C=O) groups is 1. The van der Waals surface area contributed by atoms with E-state index in [1.165, 1.54) is 4.90 Å². The highest BCUT2D eigenvalue weighted by Gasteiger charge is 2.46. The third-order valence-corrected chi connectivity index (χ3v) is 3.58. The third kappa shape index (κ3) is 1.80. The predicted molar refractivity (Wildman–Crippen MR) is 66.8 cm³/mol. The summed E-state index contributed by atoms with van der Waals surface area (Å²) in [4.78, 5) is 13.5.